The zero-order valence-electron chi connectivity index (χ0n) is 16.5. The Kier molecular flexibility index (Phi) is 5.47. The van der Waals surface area contributed by atoms with Crippen molar-refractivity contribution >= 4 is 61.3 Å². The zero-order chi connectivity index (χ0) is 21.3. The molecule has 0 atom stereocenters. The van der Waals surface area contributed by atoms with Crippen molar-refractivity contribution in [2.45, 2.75) is 6.92 Å². The van der Waals surface area contributed by atoms with Gasteiger partial charge in [0.15, 0.2) is 16.8 Å². The van der Waals surface area contributed by atoms with Gasteiger partial charge in [-0.05, 0) is 30.7 Å². The molecule has 10 heteroatoms. The summed E-state index contributed by atoms with van der Waals surface area (Å²) in [5.74, 6) is 1.89. The third kappa shape index (κ3) is 3.89. The van der Waals surface area contributed by atoms with Gasteiger partial charge in [-0.15, -0.1) is 0 Å². The molecule has 4 aromatic rings. The molecule has 0 unspecified atom stereocenters. The Balaban J connectivity index is 1.64. The quantitative estimate of drug-likeness (QED) is 0.377. The second kappa shape index (κ2) is 8.21. The number of aryl methyl sites for hydroxylation is 1. The lowest BCUT2D eigenvalue weighted by atomic mass is 10.2. The summed E-state index contributed by atoms with van der Waals surface area (Å²) in [6, 6.07) is 9.48. The SMILES string of the molecule is COc1cc(OC)c(Nc2ncnc(Nc3nc4ccc(C)cc4s3)c2N)cc1Cl. The lowest BCUT2D eigenvalue weighted by Crippen LogP contribution is -2.06. The van der Waals surface area contributed by atoms with Crippen LogP contribution in [0.5, 0.6) is 11.5 Å². The van der Waals surface area contributed by atoms with Crippen LogP contribution in [0.15, 0.2) is 36.7 Å². The summed E-state index contributed by atoms with van der Waals surface area (Å²) in [6.45, 7) is 2.05. The molecule has 0 aliphatic heterocycles. The van der Waals surface area contributed by atoms with E-state index in [1.165, 1.54) is 30.3 Å². The maximum atomic E-state index is 6.31. The molecule has 2 heterocycles. The maximum Gasteiger partial charge on any atom is 0.189 e. The molecular weight excluding hydrogens is 424 g/mol. The predicted octanol–water partition coefficient (Wildman–Crippen LogP) is 5.13. The number of nitrogen functional groups attached to an aromatic ring is 1. The molecule has 154 valence electrons. The van der Waals surface area contributed by atoms with Gasteiger partial charge in [0, 0.05) is 6.07 Å². The van der Waals surface area contributed by atoms with Gasteiger partial charge in [-0.1, -0.05) is 29.0 Å². The summed E-state index contributed by atoms with van der Waals surface area (Å²) < 4.78 is 11.7. The zero-order valence-corrected chi connectivity index (χ0v) is 18.1. The fourth-order valence-corrected chi connectivity index (χ4v) is 4.07. The Labute approximate surface area is 182 Å². The monoisotopic (exact) mass is 442 g/mol. The third-order valence-corrected chi connectivity index (χ3v) is 5.61. The van der Waals surface area contributed by atoms with Gasteiger partial charge in [-0.3, -0.25) is 0 Å². The second-order valence-corrected chi connectivity index (χ2v) is 7.85. The number of hydrogen-bond acceptors (Lipinski definition) is 9. The van der Waals surface area contributed by atoms with Crippen molar-refractivity contribution < 1.29 is 9.47 Å². The number of halogens is 1. The second-order valence-electron chi connectivity index (χ2n) is 6.41. The number of ether oxygens (including phenoxy) is 2. The summed E-state index contributed by atoms with van der Waals surface area (Å²) >= 11 is 7.78. The minimum atomic E-state index is 0.335. The van der Waals surface area contributed by atoms with E-state index in [1.54, 1.807) is 19.2 Å². The Morgan fingerprint density at radius 1 is 1.00 bits per heavy atom. The van der Waals surface area contributed by atoms with Crippen LogP contribution in [-0.4, -0.2) is 29.2 Å². The first-order valence-corrected chi connectivity index (χ1v) is 10.1. The molecule has 30 heavy (non-hydrogen) atoms. The molecule has 0 aliphatic carbocycles. The van der Waals surface area contributed by atoms with Gasteiger partial charge in [0.05, 0.1) is 35.1 Å². The summed E-state index contributed by atoms with van der Waals surface area (Å²) in [5.41, 5.74) is 9.33. The largest absolute Gasteiger partial charge is 0.495 e. The average molecular weight is 443 g/mol. The number of nitrogens with zero attached hydrogens (tertiary/aromatic N) is 3. The fraction of sp³-hybridized carbons (Fsp3) is 0.150. The number of aromatic nitrogens is 3. The molecule has 2 aromatic carbocycles. The van der Waals surface area contributed by atoms with Gasteiger partial charge in [0.25, 0.3) is 0 Å². The van der Waals surface area contributed by atoms with Gasteiger partial charge in [0.1, 0.15) is 23.5 Å². The molecular formula is C20H19ClN6O2S. The molecule has 0 amide bonds. The molecule has 0 saturated heterocycles. The number of nitrogens with one attached hydrogen (secondary N) is 2. The van der Waals surface area contributed by atoms with Crippen molar-refractivity contribution in [2.24, 2.45) is 0 Å². The molecule has 0 aliphatic rings. The van der Waals surface area contributed by atoms with E-state index < -0.39 is 0 Å². The van der Waals surface area contributed by atoms with E-state index in [1.807, 2.05) is 19.1 Å². The van der Waals surface area contributed by atoms with Crippen molar-refractivity contribution in [1.82, 2.24) is 15.0 Å². The highest BCUT2D eigenvalue weighted by Crippen LogP contribution is 2.39. The number of rotatable bonds is 6. The molecule has 0 radical (unpaired) electrons. The molecule has 4 N–H and O–H groups in total. The molecule has 0 saturated carbocycles. The predicted molar refractivity (Wildman–Crippen MR) is 122 cm³/mol. The molecule has 0 bridgehead atoms. The first-order chi connectivity index (χ1) is 14.5. The van der Waals surface area contributed by atoms with E-state index in [0.717, 1.165) is 10.2 Å². The summed E-state index contributed by atoms with van der Waals surface area (Å²) in [5, 5.41) is 7.44. The molecule has 0 spiro atoms. The Morgan fingerprint density at radius 2 is 1.73 bits per heavy atom. The molecule has 4 rings (SSSR count). The van der Waals surface area contributed by atoms with Crippen LogP contribution in [-0.2, 0) is 0 Å². The minimum Gasteiger partial charge on any atom is -0.495 e. The molecule has 2 aromatic heterocycles. The summed E-state index contributed by atoms with van der Waals surface area (Å²) in [4.78, 5) is 13.1. The van der Waals surface area contributed by atoms with E-state index in [2.05, 4.69) is 31.7 Å². The summed E-state index contributed by atoms with van der Waals surface area (Å²) in [6.07, 6.45) is 1.41. The van der Waals surface area contributed by atoms with Crippen molar-refractivity contribution in [2.75, 3.05) is 30.6 Å². The van der Waals surface area contributed by atoms with Crippen LogP contribution in [0.3, 0.4) is 0 Å². The lowest BCUT2D eigenvalue weighted by molar-refractivity contribution is 0.396. The van der Waals surface area contributed by atoms with Crippen LogP contribution in [0.2, 0.25) is 5.02 Å². The van der Waals surface area contributed by atoms with Crippen LogP contribution in [0, 0.1) is 6.92 Å². The summed E-state index contributed by atoms with van der Waals surface area (Å²) in [7, 11) is 3.09. The standard InChI is InChI=1S/C20H19ClN6O2S/c1-10-4-5-12-16(6-10)30-20(26-12)27-19-17(22)18(23-9-24-19)25-13-7-11(21)14(28-2)8-15(13)29-3/h4-9H,22H2,1-3H3,(H2,23,24,25,26,27). The number of fused-ring (bicyclic) bond motifs is 1. The number of methoxy groups -OCH3 is 2. The molecule has 8 nitrogen and oxygen atoms in total. The van der Waals surface area contributed by atoms with E-state index in [-0.39, 0.29) is 0 Å². The number of anilines is 5. The van der Waals surface area contributed by atoms with Crippen molar-refractivity contribution in [3.8, 4) is 11.5 Å². The van der Waals surface area contributed by atoms with Gasteiger partial charge >= 0.3 is 0 Å². The van der Waals surface area contributed by atoms with E-state index in [9.17, 15) is 0 Å². The maximum absolute atomic E-state index is 6.31. The van der Waals surface area contributed by atoms with Crippen LogP contribution in [0.1, 0.15) is 5.56 Å². The van der Waals surface area contributed by atoms with Crippen LogP contribution < -0.4 is 25.8 Å². The first-order valence-electron chi connectivity index (χ1n) is 8.91. The van der Waals surface area contributed by atoms with Gasteiger partial charge in [0.2, 0.25) is 0 Å². The van der Waals surface area contributed by atoms with Crippen molar-refractivity contribution in [3.63, 3.8) is 0 Å². The Bertz CT molecular complexity index is 1230. The highest BCUT2D eigenvalue weighted by Gasteiger charge is 2.15. The topological polar surface area (TPSA) is 107 Å². The normalized spacial score (nSPS) is 10.8. The third-order valence-electron chi connectivity index (χ3n) is 4.38. The Hall–Kier alpha value is -3.30. The van der Waals surface area contributed by atoms with Crippen LogP contribution in [0.25, 0.3) is 10.2 Å². The lowest BCUT2D eigenvalue weighted by Gasteiger charge is -2.15. The van der Waals surface area contributed by atoms with Crippen LogP contribution >= 0.6 is 22.9 Å². The number of hydrogen-bond donors (Lipinski definition) is 3. The number of benzene rings is 2. The fourth-order valence-electron chi connectivity index (χ4n) is 2.87. The molecule has 0 fully saturated rings. The highest BCUT2D eigenvalue weighted by molar-refractivity contribution is 7.22. The highest BCUT2D eigenvalue weighted by atomic mass is 35.5. The van der Waals surface area contributed by atoms with E-state index >= 15 is 0 Å². The van der Waals surface area contributed by atoms with Crippen molar-refractivity contribution in [1.29, 1.82) is 0 Å². The van der Waals surface area contributed by atoms with E-state index in [0.29, 0.717) is 44.7 Å². The Morgan fingerprint density at radius 3 is 2.47 bits per heavy atom. The van der Waals surface area contributed by atoms with E-state index in [4.69, 9.17) is 26.8 Å². The first kappa shape index (κ1) is 20.0. The van der Waals surface area contributed by atoms with Crippen molar-refractivity contribution in [3.05, 3.63) is 47.2 Å². The van der Waals surface area contributed by atoms with Crippen LogP contribution in [0.4, 0.5) is 28.1 Å². The number of nitrogens with two attached hydrogens (primary N) is 1. The average Bonchev–Trinajstić information content (AvgIpc) is 3.12. The minimum absolute atomic E-state index is 0.335. The number of thiazole rings is 1. The smallest absolute Gasteiger partial charge is 0.189 e. The van der Waals surface area contributed by atoms with Gasteiger partial charge < -0.3 is 25.8 Å². The van der Waals surface area contributed by atoms with Gasteiger partial charge in [-0.2, -0.15) is 0 Å². The van der Waals surface area contributed by atoms with Gasteiger partial charge in [-0.25, -0.2) is 15.0 Å².